The second kappa shape index (κ2) is 7.09. The van der Waals surface area contributed by atoms with Gasteiger partial charge in [0.25, 0.3) is 0 Å². The zero-order valence-electron chi connectivity index (χ0n) is 12.1. The minimum atomic E-state index is -4.12. The Labute approximate surface area is 118 Å². The van der Waals surface area contributed by atoms with E-state index in [0.29, 0.717) is 19.1 Å². The normalized spacial score (nSPS) is 27.4. The quantitative estimate of drug-likeness (QED) is 0.744. The maximum atomic E-state index is 12.5. The van der Waals surface area contributed by atoms with Crippen LogP contribution in [0.3, 0.4) is 0 Å². The molecule has 1 aliphatic heterocycles. The van der Waals surface area contributed by atoms with Crippen LogP contribution in [0.4, 0.5) is 13.2 Å². The van der Waals surface area contributed by atoms with Crippen molar-refractivity contribution in [1.82, 2.24) is 10.2 Å². The van der Waals surface area contributed by atoms with Crippen LogP contribution in [0, 0.1) is 0 Å². The molecular weight excluding hydrogens is 269 g/mol. The summed E-state index contributed by atoms with van der Waals surface area (Å²) < 4.78 is 43.4. The zero-order valence-corrected chi connectivity index (χ0v) is 12.1. The van der Waals surface area contributed by atoms with E-state index in [-0.39, 0.29) is 12.2 Å². The number of hydrogen-bond donors (Lipinski definition) is 1. The number of alkyl halides is 3. The van der Waals surface area contributed by atoms with Crippen molar-refractivity contribution in [2.75, 3.05) is 26.2 Å². The first-order valence-corrected chi connectivity index (χ1v) is 7.64. The Kier molecular flexibility index (Phi) is 5.69. The van der Waals surface area contributed by atoms with Gasteiger partial charge in [-0.25, -0.2) is 0 Å². The molecule has 118 valence electrons. The molecule has 0 bridgehead atoms. The van der Waals surface area contributed by atoms with Gasteiger partial charge in [-0.1, -0.05) is 6.92 Å². The molecule has 0 aromatic heterocycles. The van der Waals surface area contributed by atoms with Crippen LogP contribution in [0.25, 0.3) is 0 Å². The topological polar surface area (TPSA) is 24.5 Å². The number of nitrogens with one attached hydrogen (secondary N) is 1. The Hall–Kier alpha value is -0.330. The van der Waals surface area contributed by atoms with Crippen molar-refractivity contribution >= 4 is 0 Å². The van der Waals surface area contributed by atoms with Gasteiger partial charge in [-0.15, -0.1) is 0 Å². The maximum absolute atomic E-state index is 12.5. The van der Waals surface area contributed by atoms with E-state index in [1.165, 1.54) is 17.7 Å². The van der Waals surface area contributed by atoms with Gasteiger partial charge in [0.15, 0.2) is 0 Å². The zero-order chi connectivity index (χ0) is 14.6. The van der Waals surface area contributed by atoms with Crippen molar-refractivity contribution in [3.05, 3.63) is 0 Å². The first kappa shape index (κ1) is 16.0. The number of ether oxygens (including phenoxy) is 1. The Balaban J connectivity index is 1.70. The second-order valence-corrected chi connectivity index (χ2v) is 5.99. The van der Waals surface area contributed by atoms with Crippen LogP contribution >= 0.6 is 0 Å². The van der Waals surface area contributed by atoms with Crippen molar-refractivity contribution in [2.45, 2.75) is 63.5 Å². The van der Waals surface area contributed by atoms with Gasteiger partial charge in [0.1, 0.15) is 0 Å². The molecule has 1 N–H and O–H groups in total. The van der Waals surface area contributed by atoms with Gasteiger partial charge in [-0.2, -0.15) is 13.2 Å². The van der Waals surface area contributed by atoms with Gasteiger partial charge in [0.05, 0.1) is 18.8 Å². The summed E-state index contributed by atoms with van der Waals surface area (Å²) in [6, 6.07) is 0.652. The summed E-state index contributed by atoms with van der Waals surface area (Å²) >= 11 is 0. The lowest BCUT2D eigenvalue weighted by atomic mass is 10.2. The number of halogens is 3. The minimum Gasteiger partial charge on any atom is -0.372 e. The van der Waals surface area contributed by atoms with Gasteiger partial charge >= 0.3 is 6.18 Å². The van der Waals surface area contributed by atoms with E-state index in [1.807, 2.05) is 6.92 Å². The summed E-state index contributed by atoms with van der Waals surface area (Å²) in [6.45, 7) is 2.79. The van der Waals surface area contributed by atoms with E-state index >= 15 is 0 Å². The first-order valence-electron chi connectivity index (χ1n) is 7.64. The summed E-state index contributed by atoms with van der Waals surface area (Å²) in [5, 5.41) is 3.42. The molecule has 2 atom stereocenters. The molecule has 0 spiro atoms. The molecule has 1 heterocycles. The van der Waals surface area contributed by atoms with Crippen molar-refractivity contribution in [3.63, 3.8) is 0 Å². The predicted molar refractivity (Wildman–Crippen MR) is 71.7 cm³/mol. The lowest BCUT2D eigenvalue weighted by Gasteiger charge is -2.26. The molecule has 2 fully saturated rings. The maximum Gasteiger partial charge on any atom is 0.401 e. The van der Waals surface area contributed by atoms with Crippen LogP contribution in [-0.4, -0.2) is 55.5 Å². The van der Waals surface area contributed by atoms with Crippen LogP contribution in [0.2, 0.25) is 0 Å². The van der Waals surface area contributed by atoms with E-state index in [9.17, 15) is 13.2 Å². The third kappa shape index (κ3) is 5.97. The molecule has 20 heavy (non-hydrogen) atoms. The number of rotatable bonds is 8. The van der Waals surface area contributed by atoms with Gasteiger partial charge in [-0.05, 0) is 38.6 Å². The van der Waals surface area contributed by atoms with E-state index in [1.54, 1.807) is 0 Å². The van der Waals surface area contributed by atoms with Crippen molar-refractivity contribution in [3.8, 4) is 0 Å². The van der Waals surface area contributed by atoms with Gasteiger partial charge < -0.3 is 10.1 Å². The number of nitrogens with zero attached hydrogens (tertiary/aromatic N) is 1. The lowest BCUT2D eigenvalue weighted by Crippen LogP contribution is -2.40. The summed E-state index contributed by atoms with van der Waals surface area (Å²) in [5.41, 5.74) is 0. The van der Waals surface area contributed by atoms with E-state index in [0.717, 1.165) is 25.8 Å². The highest BCUT2D eigenvalue weighted by Gasteiger charge is 2.33. The Morgan fingerprint density at radius 3 is 2.45 bits per heavy atom. The molecule has 0 aromatic carbocycles. The molecule has 0 radical (unpaired) electrons. The molecule has 1 aliphatic carbocycles. The fraction of sp³-hybridized carbons (Fsp3) is 1.00. The van der Waals surface area contributed by atoms with E-state index in [2.05, 4.69) is 5.32 Å². The smallest absolute Gasteiger partial charge is 0.372 e. The molecule has 0 amide bonds. The van der Waals surface area contributed by atoms with Crippen LogP contribution in [-0.2, 0) is 4.74 Å². The third-order valence-corrected chi connectivity index (χ3v) is 3.81. The van der Waals surface area contributed by atoms with Crippen molar-refractivity contribution in [2.24, 2.45) is 0 Å². The summed E-state index contributed by atoms with van der Waals surface area (Å²) in [7, 11) is 0. The van der Waals surface area contributed by atoms with Crippen molar-refractivity contribution in [1.29, 1.82) is 0 Å². The van der Waals surface area contributed by atoms with Gasteiger partial charge in [0.2, 0.25) is 0 Å². The average Bonchev–Trinajstić information content (AvgIpc) is 3.06. The predicted octanol–water partition coefficient (Wildman–Crippen LogP) is 2.56. The molecule has 1 saturated carbocycles. The molecule has 2 rings (SSSR count). The molecule has 6 heteroatoms. The minimum absolute atomic E-state index is 0.0464. The molecule has 2 unspecified atom stereocenters. The van der Waals surface area contributed by atoms with Crippen molar-refractivity contribution < 1.29 is 17.9 Å². The first-order chi connectivity index (χ1) is 9.46. The summed E-state index contributed by atoms with van der Waals surface area (Å²) in [6.07, 6.45) is 1.05. The Bertz CT molecular complexity index is 295. The van der Waals surface area contributed by atoms with Crippen LogP contribution < -0.4 is 5.32 Å². The average molecular weight is 294 g/mol. The molecule has 2 aliphatic rings. The largest absolute Gasteiger partial charge is 0.401 e. The molecule has 3 nitrogen and oxygen atoms in total. The fourth-order valence-electron chi connectivity index (χ4n) is 2.74. The standard InChI is InChI=1S/C14H25F3N2O/c1-2-7-19(10-14(15,16)17)9-13-6-5-12(20-13)8-18-11-3-4-11/h11-13,18H,2-10H2,1H3. The summed E-state index contributed by atoms with van der Waals surface area (Å²) in [5.74, 6) is 0. The summed E-state index contributed by atoms with van der Waals surface area (Å²) in [4.78, 5) is 1.47. The monoisotopic (exact) mass is 294 g/mol. The lowest BCUT2D eigenvalue weighted by molar-refractivity contribution is -0.149. The molecular formula is C14H25F3N2O. The molecule has 0 aromatic rings. The highest BCUT2D eigenvalue weighted by atomic mass is 19.4. The Morgan fingerprint density at radius 1 is 1.15 bits per heavy atom. The van der Waals surface area contributed by atoms with E-state index in [4.69, 9.17) is 4.74 Å². The van der Waals surface area contributed by atoms with Gasteiger partial charge in [0, 0.05) is 19.1 Å². The fourth-order valence-corrected chi connectivity index (χ4v) is 2.74. The highest BCUT2D eigenvalue weighted by molar-refractivity contribution is 4.84. The van der Waals surface area contributed by atoms with E-state index < -0.39 is 12.7 Å². The second-order valence-electron chi connectivity index (χ2n) is 5.99. The molecule has 1 saturated heterocycles. The van der Waals surface area contributed by atoms with Crippen LogP contribution in [0.1, 0.15) is 39.0 Å². The Morgan fingerprint density at radius 2 is 1.85 bits per heavy atom. The van der Waals surface area contributed by atoms with Crippen LogP contribution in [0.15, 0.2) is 0 Å². The van der Waals surface area contributed by atoms with Crippen LogP contribution in [0.5, 0.6) is 0 Å². The SMILES string of the molecule is CCCN(CC1CCC(CNC2CC2)O1)CC(F)(F)F. The third-order valence-electron chi connectivity index (χ3n) is 3.81. The number of hydrogen-bond acceptors (Lipinski definition) is 3. The van der Waals surface area contributed by atoms with Gasteiger partial charge in [-0.3, -0.25) is 4.90 Å². The highest BCUT2D eigenvalue weighted by Crippen LogP contribution is 2.24.